The van der Waals surface area contributed by atoms with Crippen LogP contribution in [0.5, 0.6) is 0 Å². The number of benzene rings is 1. The minimum Gasteiger partial charge on any atom is -0.550 e. The van der Waals surface area contributed by atoms with Crippen molar-refractivity contribution in [1.29, 1.82) is 0 Å². The molecule has 1 aliphatic rings. The van der Waals surface area contributed by atoms with Crippen LogP contribution in [0.2, 0.25) is 5.02 Å². The number of carboxylic acids is 1. The highest BCUT2D eigenvalue weighted by Crippen LogP contribution is 2.28. The number of hydrogen-bond donors (Lipinski definition) is 1. The molecule has 1 aliphatic carbocycles. The molecule has 0 aliphatic heterocycles. The summed E-state index contributed by atoms with van der Waals surface area (Å²) in [5.74, 6) is -2.94. The molecule has 0 radical (unpaired) electrons. The number of carbonyl (C=O) groups is 2. The Hall–Kier alpha value is -1.81. The standard InChI is InChI=1S/C14H14ClNO3/c15-11-7-3-4-8-12(11)16-13(17)9-5-1-2-6-10(9)14(18)19/h1-4,7-10H,5-6H2,(H,16,17)(H,18,19)/p-1/t9-,10+/m0/s1. The van der Waals surface area contributed by atoms with Gasteiger partial charge in [0, 0.05) is 11.9 Å². The van der Waals surface area contributed by atoms with Crippen molar-refractivity contribution < 1.29 is 14.7 Å². The summed E-state index contributed by atoms with van der Waals surface area (Å²) in [6, 6.07) is 6.84. The van der Waals surface area contributed by atoms with Crippen molar-refractivity contribution in [2.75, 3.05) is 5.32 Å². The van der Waals surface area contributed by atoms with Crippen molar-refractivity contribution >= 4 is 29.2 Å². The van der Waals surface area contributed by atoms with Crippen LogP contribution in [0.3, 0.4) is 0 Å². The molecule has 0 spiro atoms. The van der Waals surface area contributed by atoms with Crippen molar-refractivity contribution in [2.24, 2.45) is 11.8 Å². The van der Waals surface area contributed by atoms with E-state index in [1.54, 1.807) is 30.3 Å². The van der Waals surface area contributed by atoms with Gasteiger partial charge in [0.1, 0.15) is 0 Å². The fourth-order valence-corrected chi connectivity index (χ4v) is 2.34. The zero-order valence-electron chi connectivity index (χ0n) is 10.1. The smallest absolute Gasteiger partial charge is 0.228 e. The second-order valence-corrected chi connectivity index (χ2v) is 4.85. The van der Waals surface area contributed by atoms with Crippen molar-refractivity contribution in [3.8, 4) is 0 Å². The summed E-state index contributed by atoms with van der Waals surface area (Å²) in [6.45, 7) is 0. The molecular formula is C14H13ClNO3-. The first-order chi connectivity index (χ1) is 9.09. The maximum absolute atomic E-state index is 12.1. The number of aliphatic carboxylic acids is 1. The lowest BCUT2D eigenvalue weighted by Gasteiger charge is -2.28. The summed E-state index contributed by atoms with van der Waals surface area (Å²) in [6.07, 6.45) is 4.30. The highest BCUT2D eigenvalue weighted by atomic mass is 35.5. The van der Waals surface area contributed by atoms with Gasteiger partial charge < -0.3 is 15.2 Å². The van der Waals surface area contributed by atoms with E-state index in [-0.39, 0.29) is 5.91 Å². The van der Waals surface area contributed by atoms with Crippen molar-refractivity contribution in [3.05, 3.63) is 41.4 Å². The van der Waals surface area contributed by atoms with E-state index in [0.29, 0.717) is 23.6 Å². The minimum atomic E-state index is -1.19. The van der Waals surface area contributed by atoms with Crippen LogP contribution in [-0.2, 0) is 9.59 Å². The van der Waals surface area contributed by atoms with E-state index in [2.05, 4.69) is 5.32 Å². The molecule has 2 atom stereocenters. The first-order valence-electron chi connectivity index (χ1n) is 6.01. The van der Waals surface area contributed by atoms with E-state index in [0.717, 1.165) is 0 Å². The lowest BCUT2D eigenvalue weighted by Crippen LogP contribution is -2.41. The molecule has 1 amide bonds. The van der Waals surface area contributed by atoms with Crippen LogP contribution in [0.25, 0.3) is 0 Å². The molecule has 1 N–H and O–H groups in total. The van der Waals surface area contributed by atoms with Crippen molar-refractivity contribution in [1.82, 2.24) is 0 Å². The van der Waals surface area contributed by atoms with E-state index in [4.69, 9.17) is 11.6 Å². The van der Waals surface area contributed by atoms with Gasteiger partial charge in [0.15, 0.2) is 0 Å². The minimum absolute atomic E-state index is 0.322. The van der Waals surface area contributed by atoms with E-state index < -0.39 is 17.8 Å². The zero-order chi connectivity index (χ0) is 13.8. The van der Waals surface area contributed by atoms with E-state index in [1.807, 2.05) is 6.08 Å². The van der Waals surface area contributed by atoms with Crippen LogP contribution >= 0.6 is 11.6 Å². The largest absolute Gasteiger partial charge is 0.550 e. The van der Waals surface area contributed by atoms with Crippen LogP contribution in [0.15, 0.2) is 36.4 Å². The molecule has 1 aromatic carbocycles. The normalized spacial score (nSPS) is 21.9. The van der Waals surface area contributed by atoms with Gasteiger partial charge in [-0.1, -0.05) is 35.9 Å². The summed E-state index contributed by atoms with van der Waals surface area (Å²) in [5, 5.41) is 14.1. The maximum atomic E-state index is 12.1. The Bertz CT molecular complexity index is 527. The average molecular weight is 279 g/mol. The molecule has 1 aromatic rings. The second kappa shape index (κ2) is 5.89. The fraction of sp³-hybridized carbons (Fsp3) is 0.286. The number of halogens is 1. The number of para-hydroxylation sites is 1. The van der Waals surface area contributed by atoms with Gasteiger partial charge in [-0.2, -0.15) is 0 Å². The van der Waals surface area contributed by atoms with Gasteiger partial charge in [-0.15, -0.1) is 0 Å². The van der Waals surface area contributed by atoms with Crippen LogP contribution in [0.1, 0.15) is 12.8 Å². The first-order valence-corrected chi connectivity index (χ1v) is 6.38. The molecule has 5 heteroatoms. The summed E-state index contributed by atoms with van der Waals surface area (Å²) >= 11 is 5.95. The van der Waals surface area contributed by atoms with Gasteiger partial charge in [-0.25, -0.2) is 0 Å². The molecule has 100 valence electrons. The summed E-state index contributed by atoms with van der Waals surface area (Å²) in [5.41, 5.74) is 0.487. The number of nitrogens with one attached hydrogen (secondary N) is 1. The Labute approximate surface area is 116 Å². The number of anilines is 1. The van der Waals surface area contributed by atoms with Crippen LogP contribution in [0, 0.1) is 11.8 Å². The highest BCUT2D eigenvalue weighted by Gasteiger charge is 2.29. The predicted molar refractivity (Wildman–Crippen MR) is 70.4 cm³/mol. The van der Waals surface area contributed by atoms with Crippen molar-refractivity contribution in [2.45, 2.75) is 12.8 Å². The number of rotatable bonds is 3. The Kier molecular flexibility index (Phi) is 4.22. The molecule has 0 saturated carbocycles. The van der Waals surface area contributed by atoms with E-state index in [1.165, 1.54) is 0 Å². The summed E-state index contributed by atoms with van der Waals surface area (Å²) in [7, 11) is 0. The molecule has 0 fully saturated rings. The maximum Gasteiger partial charge on any atom is 0.228 e. The number of hydrogen-bond acceptors (Lipinski definition) is 3. The Morgan fingerprint density at radius 2 is 1.79 bits per heavy atom. The summed E-state index contributed by atoms with van der Waals surface area (Å²) in [4.78, 5) is 23.2. The van der Waals surface area contributed by atoms with Gasteiger partial charge in [0.2, 0.25) is 5.91 Å². The number of allylic oxidation sites excluding steroid dienone is 2. The Morgan fingerprint density at radius 3 is 2.42 bits per heavy atom. The molecule has 19 heavy (non-hydrogen) atoms. The molecule has 0 bridgehead atoms. The third-order valence-corrected chi connectivity index (χ3v) is 3.53. The van der Waals surface area contributed by atoms with E-state index >= 15 is 0 Å². The average Bonchev–Trinajstić information content (AvgIpc) is 2.41. The Morgan fingerprint density at radius 1 is 1.16 bits per heavy atom. The lowest BCUT2D eigenvalue weighted by molar-refractivity contribution is -0.313. The first kappa shape index (κ1) is 13.6. The van der Waals surface area contributed by atoms with Crippen LogP contribution in [-0.4, -0.2) is 11.9 Å². The zero-order valence-corrected chi connectivity index (χ0v) is 10.9. The summed E-state index contributed by atoms with van der Waals surface area (Å²) < 4.78 is 0. The van der Waals surface area contributed by atoms with Crippen molar-refractivity contribution in [3.63, 3.8) is 0 Å². The van der Waals surface area contributed by atoms with Gasteiger partial charge in [-0.05, 0) is 25.0 Å². The van der Waals surface area contributed by atoms with E-state index in [9.17, 15) is 14.7 Å². The molecule has 0 saturated heterocycles. The monoisotopic (exact) mass is 278 g/mol. The number of carboxylic acid groups (broad SMARTS) is 1. The highest BCUT2D eigenvalue weighted by molar-refractivity contribution is 6.33. The number of amides is 1. The fourth-order valence-electron chi connectivity index (χ4n) is 2.15. The molecular weight excluding hydrogens is 266 g/mol. The Balaban J connectivity index is 2.13. The molecule has 0 unspecified atom stereocenters. The second-order valence-electron chi connectivity index (χ2n) is 4.44. The number of carbonyl (C=O) groups excluding carboxylic acids is 2. The molecule has 0 heterocycles. The third-order valence-electron chi connectivity index (χ3n) is 3.20. The van der Waals surface area contributed by atoms with Gasteiger partial charge in [0.25, 0.3) is 0 Å². The van der Waals surface area contributed by atoms with Crippen LogP contribution < -0.4 is 10.4 Å². The predicted octanol–water partition coefficient (Wildman–Crippen LogP) is 1.61. The topological polar surface area (TPSA) is 69.2 Å². The molecule has 4 nitrogen and oxygen atoms in total. The molecule has 0 aromatic heterocycles. The lowest BCUT2D eigenvalue weighted by atomic mass is 9.82. The SMILES string of the molecule is O=C(Nc1ccccc1Cl)[C@H]1CC=CC[C@H]1C(=O)[O-]. The van der Waals surface area contributed by atoms with Gasteiger partial charge in [-0.3, -0.25) is 4.79 Å². The van der Waals surface area contributed by atoms with Crippen LogP contribution in [0.4, 0.5) is 5.69 Å². The van der Waals surface area contributed by atoms with Gasteiger partial charge >= 0.3 is 0 Å². The molecule has 2 rings (SSSR count). The quantitative estimate of drug-likeness (QED) is 0.854. The third kappa shape index (κ3) is 3.15. The van der Waals surface area contributed by atoms with Gasteiger partial charge in [0.05, 0.1) is 16.6 Å².